The number of rotatable bonds is 4. The number of benzene rings is 1. The number of fused-ring (bicyclic) bond motifs is 1. The summed E-state index contributed by atoms with van der Waals surface area (Å²) >= 11 is 0. The van der Waals surface area contributed by atoms with Crippen molar-refractivity contribution in [3.8, 4) is 0 Å². The van der Waals surface area contributed by atoms with E-state index in [4.69, 9.17) is 1.37 Å². The number of carbonyl (C=O) groups is 1. The van der Waals surface area contributed by atoms with Crippen LogP contribution in [-0.4, -0.2) is 23.9 Å². The van der Waals surface area contributed by atoms with Crippen molar-refractivity contribution in [3.05, 3.63) is 34.9 Å². The van der Waals surface area contributed by atoms with Gasteiger partial charge in [0, 0.05) is 20.0 Å². The van der Waals surface area contributed by atoms with Crippen LogP contribution >= 0.6 is 0 Å². The Morgan fingerprint density at radius 2 is 2.14 bits per heavy atom. The zero-order valence-electron chi connectivity index (χ0n) is 14.1. The van der Waals surface area contributed by atoms with E-state index in [9.17, 15) is 4.79 Å². The largest absolute Gasteiger partial charge is 0.339 e. The van der Waals surface area contributed by atoms with Crippen LogP contribution in [0.25, 0.3) is 0 Å². The molecule has 1 amide bonds. The lowest BCUT2D eigenvalue weighted by Crippen LogP contribution is -2.38. The molecular formula is C19H27NO. The second-order valence-corrected chi connectivity index (χ2v) is 6.53. The van der Waals surface area contributed by atoms with Crippen molar-refractivity contribution in [2.75, 3.05) is 13.1 Å². The molecule has 1 atom stereocenters. The van der Waals surface area contributed by atoms with Crippen molar-refractivity contribution in [1.29, 1.82) is 0 Å². The molecule has 2 nitrogen and oxygen atoms in total. The van der Waals surface area contributed by atoms with Crippen molar-refractivity contribution in [1.82, 2.24) is 4.90 Å². The number of hydrogen-bond donors (Lipinski definition) is 0. The zero-order chi connectivity index (χ0) is 15.5. The Kier molecular flexibility index (Phi) is 4.22. The number of hydrogen-bond acceptors (Lipinski definition) is 1. The van der Waals surface area contributed by atoms with Crippen molar-refractivity contribution < 1.29 is 6.17 Å². The lowest BCUT2D eigenvalue weighted by molar-refractivity contribution is 0.0686. The Hall–Kier alpha value is -1.31. The summed E-state index contributed by atoms with van der Waals surface area (Å²) in [5.41, 5.74) is 3.11. The molecule has 21 heavy (non-hydrogen) atoms. The zero-order valence-corrected chi connectivity index (χ0v) is 13.1. The standard InChI is InChI=1S/C19H27NO/c1-2-3-5-15-10-12-20(13-11-15)19(21)18-9-8-16-6-4-7-17(16)14-18/h8-9,14-15H,2-7,10-13H2,1H3/i7D. The molecule has 1 aliphatic carbocycles. The van der Waals surface area contributed by atoms with Gasteiger partial charge in [0.05, 0.1) is 0 Å². The smallest absolute Gasteiger partial charge is 0.253 e. The molecule has 0 radical (unpaired) electrons. The van der Waals surface area contributed by atoms with Gasteiger partial charge in [-0.25, -0.2) is 0 Å². The molecule has 2 aliphatic rings. The molecule has 114 valence electrons. The fourth-order valence-corrected chi connectivity index (χ4v) is 3.63. The van der Waals surface area contributed by atoms with E-state index < -0.39 is 0 Å². The normalized spacial score (nSPS) is 23.0. The Labute approximate surface area is 129 Å². The van der Waals surface area contributed by atoms with Crippen LogP contribution in [0.2, 0.25) is 0 Å². The van der Waals surface area contributed by atoms with Gasteiger partial charge in [0.2, 0.25) is 0 Å². The van der Waals surface area contributed by atoms with Crippen LogP contribution in [0.4, 0.5) is 0 Å². The lowest BCUT2D eigenvalue weighted by Gasteiger charge is -2.32. The first-order chi connectivity index (χ1) is 10.7. The fourth-order valence-electron chi connectivity index (χ4n) is 3.63. The number of nitrogens with zero attached hydrogens (tertiary/aromatic N) is 1. The molecule has 1 aliphatic heterocycles. The molecule has 1 heterocycles. The van der Waals surface area contributed by atoms with Crippen LogP contribution < -0.4 is 0 Å². The van der Waals surface area contributed by atoms with Crippen LogP contribution in [0.5, 0.6) is 0 Å². The van der Waals surface area contributed by atoms with E-state index in [2.05, 4.69) is 13.0 Å². The van der Waals surface area contributed by atoms with Crippen LogP contribution in [0.1, 0.15) is 68.3 Å². The van der Waals surface area contributed by atoms with Gasteiger partial charge in [-0.1, -0.05) is 32.3 Å². The molecule has 0 aromatic heterocycles. The van der Waals surface area contributed by atoms with E-state index in [1.54, 1.807) is 0 Å². The summed E-state index contributed by atoms with van der Waals surface area (Å²) in [6, 6.07) is 6.00. The van der Waals surface area contributed by atoms with E-state index in [0.717, 1.165) is 55.8 Å². The number of carbonyl (C=O) groups excluding carboxylic acids is 1. The molecule has 1 unspecified atom stereocenters. The quantitative estimate of drug-likeness (QED) is 0.811. The summed E-state index contributed by atoms with van der Waals surface area (Å²) in [7, 11) is 0. The van der Waals surface area contributed by atoms with E-state index >= 15 is 0 Å². The highest BCUT2D eigenvalue weighted by atomic mass is 16.2. The maximum Gasteiger partial charge on any atom is 0.253 e. The van der Waals surface area contributed by atoms with Crippen molar-refractivity contribution in [2.45, 2.75) is 58.3 Å². The van der Waals surface area contributed by atoms with Gasteiger partial charge < -0.3 is 4.90 Å². The molecule has 1 saturated heterocycles. The van der Waals surface area contributed by atoms with Gasteiger partial charge >= 0.3 is 0 Å². The Morgan fingerprint density at radius 1 is 1.33 bits per heavy atom. The lowest BCUT2D eigenvalue weighted by atomic mass is 9.91. The highest BCUT2D eigenvalue weighted by molar-refractivity contribution is 5.94. The molecule has 0 bridgehead atoms. The summed E-state index contributed by atoms with van der Waals surface area (Å²) < 4.78 is 8.06. The Balaban J connectivity index is 1.62. The first-order valence-electron chi connectivity index (χ1n) is 9.11. The van der Waals surface area contributed by atoms with Gasteiger partial charge in [-0.3, -0.25) is 4.79 Å². The highest BCUT2D eigenvalue weighted by Gasteiger charge is 2.24. The number of likely N-dealkylation sites (tertiary alicyclic amines) is 1. The third-order valence-electron chi connectivity index (χ3n) is 5.04. The summed E-state index contributed by atoms with van der Waals surface area (Å²) in [6.45, 7) is 4.04. The number of aryl methyl sites for hydroxylation is 2. The second kappa shape index (κ2) is 6.64. The molecule has 1 aromatic carbocycles. The molecule has 2 heteroatoms. The minimum Gasteiger partial charge on any atom is -0.339 e. The minimum absolute atomic E-state index is 0.137. The molecule has 3 rings (SSSR count). The van der Waals surface area contributed by atoms with Gasteiger partial charge in [-0.2, -0.15) is 0 Å². The predicted octanol–water partition coefficient (Wildman–Crippen LogP) is 4.22. The fraction of sp³-hybridized carbons (Fsp3) is 0.632. The molecule has 1 aromatic rings. The van der Waals surface area contributed by atoms with Crippen molar-refractivity contribution >= 4 is 5.91 Å². The number of amides is 1. The maximum atomic E-state index is 12.7. The van der Waals surface area contributed by atoms with Crippen LogP contribution in [0, 0.1) is 5.92 Å². The van der Waals surface area contributed by atoms with Crippen LogP contribution in [-0.2, 0) is 12.8 Å². The van der Waals surface area contributed by atoms with Gasteiger partial charge in [-0.05, 0) is 61.3 Å². The third kappa shape index (κ3) is 3.30. The second-order valence-electron chi connectivity index (χ2n) is 6.53. The Morgan fingerprint density at radius 3 is 2.90 bits per heavy atom. The molecule has 0 saturated carbocycles. The van der Waals surface area contributed by atoms with Crippen LogP contribution in [0.3, 0.4) is 0 Å². The molecule has 0 spiro atoms. The summed E-state index contributed by atoms with van der Waals surface area (Å²) in [5, 5.41) is 0. The molecule has 0 N–H and O–H groups in total. The maximum absolute atomic E-state index is 12.7. The van der Waals surface area contributed by atoms with Crippen LogP contribution in [0.15, 0.2) is 18.2 Å². The first-order valence-corrected chi connectivity index (χ1v) is 8.53. The molecule has 1 fully saturated rings. The number of unbranched alkanes of at least 4 members (excludes halogenated alkanes) is 1. The van der Waals surface area contributed by atoms with Crippen molar-refractivity contribution in [3.63, 3.8) is 0 Å². The summed E-state index contributed by atoms with van der Waals surface area (Å²) in [6.07, 6.45) is 7.95. The summed E-state index contributed by atoms with van der Waals surface area (Å²) in [5.74, 6) is 0.970. The van der Waals surface area contributed by atoms with Gasteiger partial charge in [-0.15, -0.1) is 0 Å². The average molecular weight is 286 g/mol. The topological polar surface area (TPSA) is 20.3 Å². The van der Waals surface area contributed by atoms with Gasteiger partial charge in [0.1, 0.15) is 0 Å². The van der Waals surface area contributed by atoms with Crippen molar-refractivity contribution in [2.24, 2.45) is 5.92 Å². The Bertz CT molecular complexity index is 534. The first kappa shape index (κ1) is 13.4. The van der Waals surface area contributed by atoms with Gasteiger partial charge in [0.25, 0.3) is 5.91 Å². The van der Waals surface area contributed by atoms with E-state index in [-0.39, 0.29) is 12.3 Å². The highest BCUT2D eigenvalue weighted by Crippen LogP contribution is 2.26. The monoisotopic (exact) mass is 286 g/mol. The van der Waals surface area contributed by atoms with Gasteiger partial charge in [0.15, 0.2) is 0 Å². The predicted molar refractivity (Wildman–Crippen MR) is 86.6 cm³/mol. The molecular weight excluding hydrogens is 258 g/mol. The average Bonchev–Trinajstić information content (AvgIpc) is 2.93. The third-order valence-corrected chi connectivity index (χ3v) is 5.04. The van der Waals surface area contributed by atoms with E-state index in [1.807, 2.05) is 17.0 Å². The number of piperidine rings is 1. The van der Waals surface area contributed by atoms with E-state index in [0.29, 0.717) is 0 Å². The minimum atomic E-state index is -0.137. The van der Waals surface area contributed by atoms with E-state index in [1.165, 1.54) is 24.8 Å². The summed E-state index contributed by atoms with van der Waals surface area (Å²) in [4.78, 5) is 14.7. The SMILES string of the molecule is [2H]C1CCc2ccc(C(=O)N3CCC(CCCC)CC3)cc21.